The minimum Gasteiger partial charge on any atom is -0.468 e. The summed E-state index contributed by atoms with van der Waals surface area (Å²) in [7, 11) is 0. The molecule has 3 heterocycles. The predicted molar refractivity (Wildman–Crippen MR) is 126 cm³/mol. The lowest BCUT2D eigenvalue weighted by molar-refractivity contribution is -0.135. The first-order valence-corrected chi connectivity index (χ1v) is 11.8. The predicted octanol–water partition coefficient (Wildman–Crippen LogP) is 3.74. The van der Waals surface area contributed by atoms with Crippen LogP contribution in [0.5, 0.6) is 5.88 Å². The van der Waals surface area contributed by atoms with Crippen LogP contribution in [0.2, 0.25) is 0 Å². The Hall–Kier alpha value is -3.19. The van der Waals surface area contributed by atoms with Crippen LogP contribution in [0.4, 0.5) is 0 Å². The normalized spacial score (nSPS) is 16.7. The fraction of sp³-hybridized carbons (Fsp3) is 0.320. The highest BCUT2D eigenvalue weighted by molar-refractivity contribution is 7.13. The monoisotopic (exact) mass is 449 g/mol. The molecule has 166 valence electrons. The molecule has 1 aromatic carbocycles. The van der Waals surface area contributed by atoms with Gasteiger partial charge in [0.05, 0.1) is 5.92 Å². The molecule has 1 atom stereocenters. The first kappa shape index (κ1) is 22.0. The fourth-order valence-corrected chi connectivity index (χ4v) is 4.82. The summed E-state index contributed by atoms with van der Waals surface area (Å²) in [6.07, 6.45) is 2.22. The average molecular weight is 450 g/mol. The van der Waals surface area contributed by atoms with Crippen molar-refractivity contribution < 1.29 is 14.3 Å². The Morgan fingerprint density at radius 1 is 1.12 bits per heavy atom. The molecular weight excluding hydrogens is 422 g/mol. The Morgan fingerprint density at radius 2 is 1.97 bits per heavy atom. The fourth-order valence-electron chi connectivity index (χ4n) is 4.03. The molecule has 1 saturated heterocycles. The third kappa shape index (κ3) is 5.16. The Labute approximate surface area is 192 Å². The maximum atomic E-state index is 13.3. The number of nitrogens with zero attached hydrogens (tertiary/aromatic N) is 3. The van der Waals surface area contributed by atoms with Gasteiger partial charge < -0.3 is 14.5 Å². The van der Waals surface area contributed by atoms with E-state index >= 15 is 0 Å². The second kappa shape index (κ2) is 10.4. The van der Waals surface area contributed by atoms with E-state index in [1.807, 2.05) is 36.1 Å². The van der Waals surface area contributed by atoms with Crippen LogP contribution in [0.15, 0.2) is 66.2 Å². The van der Waals surface area contributed by atoms with Crippen LogP contribution in [-0.2, 0) is 16.0 Å². The van der Waals surface area contributed by atoms with Gasteiger partial charge in [0.2, 0.25) is 11.8 Å². The topological polar surface area (TPSA) is 62.7 Å². The zero-order valence-corrected chi connectivity index (χ0v) is 19.0. The van der Waals surface area contributed by atoms with Gasteiger partial charge in [0, 0.05) is 43.3 Å². The Bertz CT molecular complexity index is 1040. The summed E-state index contributed by atoms with van der Waals surface area (Å²) in [4.78, 5) is 35.1. The Kier molecular flexibility index (Phi) is 7.17. The number of amides is 2. The van der Waals surface area contributed by atoms with E-state index in [-0.39, 0.29) is 24.3 Å². The van der Waals surface area contributed by atoms with E-state index < -0.39 is 0 Å². The summed E-state index contributed by atoms with van der Waals surface area (Å²) >= 11 is 1.69. The van der Waals surface area contributed by atoms with Crippen LogP contribution in [0, 0.1) is 5.92 Å². The standard InChI is InChI=1S/C25H27N3O3S/c1-2-27-13-14-28(24(29)18-31-23-11-5-6-12-26-23)17-20(25(27)30)16-19-8-3-4-9-21(19)22-10-7-15-32-22/h3-12,15,20H,2,13-14,16-18H2,1H3. The molecule has 0 saturated carbocycles. The number of carbonyl (C=O) groups is 2. The zero-order chi connectivity index (χ0) is 22.3. The molecule has 0 N–H and O–H groups in total. The molecule has 0 spiro atoms. The number of hydrogen-bond donors (Lipinski definition) is 0. The van der Waals surface area contributed by atoms with Gasteiger partial charge >= 0.3 is 0 Å². The number of ether oxygens (including phenoxy) is 1. The number of thiophene rings is 1. The molecule has 2 aromatic heterocycles. The molecule has 32 heavy (non-hydrogen) atoms. The highest BCUT2D eigenvalue weighted by Crippen LogP contribution is 2.30. The van der Waals surface area contributed by atoms with Crippen molar-refractivity contribution in [2.45, 2.75) is 13.3 Å². The third-order valence-corrected chi connectivity index (χ3v) is 6.63. The lowest BCUT2D eigenvalue weighted by Gasteiger charge is -2.24. The molecule has 1 fully saturated rings. The largest absolute Gasteiger partial charge is 0.468 e. The quantitative estimate of drug-likeness (QED) is 0.551. The van der Waals surface area contributed by atoms with E-state index in [9.17, 15) is 9.59 Å². The number of benzene rings is 1. The summed E-state index contributed by atoms with van der Waals surface area (Å²) in [5, 5.41) is 2.06. The molecule has 1 unspecified atom stereocenters. The van der Waals surface area contributed by atoms with Gasteiger partial charge in [-0.15, -0.1) is 11.3 Å². The van der Waals surface area contributed by atoms with Crippen molar-refractivity contribution in [2.24, 2.45) is 5.92 Å². The van der Waals surface area contributed by atoms with E-state index in [0.29, 0.717) is 38.5 Å². The molecule has 2 amide bonds. The van der Waals surface area contributed by atoms with E-state index in [1.54, 1.807) is 34.6 Å². The van der Waals surface area contributed by atoms with Crippen LogP contribution >= 0.6 is 11.3 Å². The highest BCUT2D eigenvalue weighted by Gasteiger charge is 2.32. The molecule has 0 bridgehead atoms. The second-order valence-electron chi connectivity index (χ2n) is 7.75. The number of pyridine rings is 1. The summed E-state index contributed by atoms with van der Waals surface area (Å²) in [5.74, 6) is 0.105. The first-order chi connectivity index (χ1) is 15.7. The second-order valence-corrected chi connectivity index (χ2v) is 8.70. The van der Waals surface area contributed by atoms with Crippen molar-refractivity contribution in [1.82, 2.24) is 14.8 Å². The van der Waals surface area contributed by atoms with Crippen LogP contribution in [-0.4, -0.2) is 59.4 Å². The van der Waals surface area contributed by atoms with Crippen LogP contribution < -0.4 is 4.74 Å². The van der Waals surface area contributed by atoms with Gasteiger partial charge in [0.1, 0.15) is 0 Å². The highest BCUT2D eigenvalue weighted by atomic mass is 32.1. The van der Waals surface area contributed by atoms with Crippen molar-refractivity contribution in [1.29, 1.82) is 0 Å². The number of rotatable bonds is 7. The van der Waals surface area contributed by atoms with Crippen molar-refractivity contribution in [3.05, 3.63) is 71.7 Å². The number of likely N-dealkylation sites (N-methyl/N-ethyl adjacent to an activating group) is 1. The number of carbonyl (C=O) groups excluding carboxylic acids is 2. The van der Waals surface area contributed by atoms with E-state index in [4.69, 9.17) is 4.74 Å². The Morgan fingerprint density at radius 3 is 2.72 bits per heavy atom. The van der Waals surface area contributed by atoms with Crippen molar-refractivity contribution in [3.8, 4) is 16.3 Å². The molecule has 7 heteroatoms. The lowest BCUT2D eigenvalue weighted by Crippen LogP contribution is -2.40. The zero-order valence-electron chi connectivity index (χ0n) is 18.1. The van der Waals surface area contributed by atoms with E-state index in [1.165, 1.54) is 4.88 Å². The molecular formula is C25H27N3O3S. The molecule has 4 rings (SSSR count). The molecule has 1 aliphatic heterocycles. The van der Waals surface area contributed by atoms with Gasteiger partial charge in [-0.1, -0.05) is 36.4 Å². The molecule has 0 aliphatic carbocycles. The minimum atomic E-state index is -0.294. The van der Waals surface area contributed by atoms with Crippen LogP contribution in [0.25, 0.3) is 10.4 Å². The average Bonchev–Trinajstić information content (AvgIpc) is 3.32. The molecule has 6 nitrogen and oxygen atoms in total. The first-order valence-electron chi connectivity index (χ1n) is 10.9. The summed E-state index contributed by atoms with van der Waals surface area (Å²) < 4.78 is 5.56. The maximum absolute atomic E-state index is 13.3. The summed E-state index contributed by atoms with van der Waals surface area (Å²) in [6, 6.07) is 17.7. The molecule has 3 aromatic rings. The van der Waals surface area contributed by atoms with Gasteiger partial charge in [-0.3, -0.25) is 9.59 Å². The number of hydrogen-bond acceptors (Lipinski definition) is 5. The summed E-state index contributed by atoms with van der Waals surface area (Å²) in [5.41, 5.74) is 2.28. The van der Waals surface area contributed by atoms with Gasteiger partial charge in [-0.05, 0) is 42.0 Å². The minimum absolute atomic E-state index is 0.0875. The van der Waals surface area contributed by atoms with Crippen LogP contribution in [0.3, 0.4) is 0 Å². The van der Waals surface area contributed by atoms with Gasteiger partial charge in [-0.2, -0.15) is 0 Å². The van der Waals surface area contributed by atoms with Gasteiger partial charge in [-0.25, -0.2) is 4.98 Å². The van der Waals surface area contributed by atoms with E-state index in [0.717, 1.165) is 11.1 Å². The molecule has 0 radical (unpaired) electrons. The smallest absolute Gasteiger partial charge is 0.260 e. The van der Waals surface area contributed by atoms with Gasteiger partial charge in [0.15, 0.2) is 6.61 Å². The Balaban J connectivity index is 1.51. The van der Waals surface area contributed by atoms with Crippen LogP contribution in [0.1, 0.15) is 12.5 Å². The number of aromatic nitrogens is 1. The SMILES string of the molecule is CCN1CCN(C(=O)COc2ccccn2)CC(Cc2ccccc2-c2cccs2)C1=O. The van der Waals surface area contributed by atoms with Crippen molar-refractivity contribution >= 4 is 23.2 Å². The maximum Gasteiger partial charge on any atom is 0.260 e. The van der Waals surface area contributed by atoms with E-state index in [2.05, 4.69) is 28.6 Å². The van der Waals surface area contributed by atoms with Crippen molar-refractivity contribution in [3.63, 3.8) is 0 Å². The molecule has 1 aliphatic rings. The lowest BCUT2D eigenvalue weighted by atomic mass is 9.93. The van der Waals surface area contributed by atoms with Gasteiger partial charge in [0.25, 0.3) is 5.91 Å². The van der Waals surface area contributed by atoms with Crippen molar-refractivity contribution in [2.75, 3.05) is 32.8 Å². The third-order valence-electron chi connectivity index (χ3n) is 5.73. The summed E-state index contributed by atoms with van der Waals surface area (Å²) in [6.45, 7) is 3.96.